The van der Waals surface area contributed by atoms with E-state index in [1.807, 2.05) is 6.07 Å². The fraction of sp³-hybridized carbons (Fsp3) is 0.0952. The molecule has 3 aromatic rings. The number of carbonyl (C=O) groups excluding carboxylic acids is 1. The van der Waals surface area contributed by atoms with E-state index in [4.69, 9.17) is 11.6 Å². The molecule has 1 amide bonds. The third-order valence-corrected chi connectivity index (χ3v) is 5.76. The Bertz CT molecular complexity index is 1120. The highest BCUT2D eigenvalue weighted by Gasteiger charge is 2.16. The van der Waals surface area contributed by atoms with Crippen LogP contribution in [0.4, 0.5) is 5.69 Å². The van der Waals surface area contributed by atoms with Crippen molar-refractivity contribution in [2.45, 2.75) is 18.0 Å². The highest BCUT2D eigenvalue weighted by Crippen LogP contribution is 2.19. The van der Waals surface area contributed by atoms with Crippen LogP contribution >= 0.6 is 11.6 Å². The summed E-state index contributed by atoms with van der Waals surface area (Å²) in [5.74, 6) is -0.400. The van der Waals surface area contributed by atoms with Crippen LogP contribution in [0.25, 0.3) is 0 Å². The van der Waals surface area contributed by atoms with Gasteiger partial charge in [0.2, 0.25) is 0 Å². The van der Waals surface area contributed by atoms with Gasteiger partial charge in [-0.3, -0.25) is 9.52 Å². The number of hydrogen-bond acceptors (Lipinski definition) is 4. The molecule has 0 atom stereocenters. The second-order valence-corrected chi connectivity index (χ2v) is 8.42. The molecular formula is C21H19ClN2O4S. The maximum absolute atomic E-state index is 12.6. The van der Waals surface area contributed by atoms with Gasteiger partial charge in [-0.15, -0.1) is 0 Å². The lowest BCUT2D eigenvalue weighted by molar-refractivity contribution is 0.0950. The Labute approximate surface area is 174 Å². The van der Waals surface area contributed by atoms with Gasteiger partial charge in [-0.25, -0.2) is 8.42 Å². The number of halogens is 1. The molecule has 0 spiro atoms. The minimum Gasteiger partial charge on any atom is -0.392 e. The summed E-state index contributed by atoms with van der Waals surface area (Å²) in [5, 5.41) is 12.4. The smallest absolute Gasteiger partial charge is 0.261 e. The number of hydrogen-bond donors (Lipinski definition) is 3. The summed E-state index contributed by atoms with van der Waals surface area (Å²) in [5.41, 5.74) is 2.17. The molecule has 3 aromatic carbocycles. The second-order valence-electron chi connectivity index (χ2n) is 6.30. The minimum atomic E-state index is -3.86. The molecule has 0 unspecified atom stereocenters. The molecular weight excluding hydrogens is 412 g/mol. The number of sulfonamides is 1. The summed E-state index contributed by atoms with van der Waals surface area (Å²) >= 11 is 5.81. The fourth-order valence-electron chi connectivity index (χ4n) is 2.66. The fourth-order valence-corrected chi connectivity index (χ4v) is 3.89. The van der Waals surface area contributed by atoms with E-state index in [2.05, 4.69) is 10.0 Å². The van der Waals surface area contributed by atoms with Crippen molar-refractivity contribution in [1.29, 1.82) is 0 Å². The van der Waals surface area contributed by atoms with Gasteiger partial charge in [-0.1, -0.05) is 41.9 Å². The molecule has 3 N–H and O–H groups in total. The summed E-state index contributed by atoms with van der Waals surface area (Å²) in [6, 6.07) is 19.2. The molecule has 0 aliphatic rings. The molecule has 8 heteroatoms. The molecule has 0 fully saturated rings. The molecule has 0 aliphatic carbocycles. The van der Waals surface area contributed by atoms with E-state index < -0.39 is 15.9 Å². The third kappa shape index (κ3) is 5.57. The van der Waals surface area contributed by atoms with Crippen LogP contribution in [-0.4, -0.2) is 19.4 Å². The van der Waals surface area contributed by atoms with Crippen molar-refractivity contribution in [3.8, 4) is 0 Å². The van der Waals surface area contributed by atoms with Gasteiger partial charge in [0.25, 0.3) is 15.9 Å². The molecule has 0 radical (unpaired) electrons. The zero-order valence-electron chi connectivity index (χ0n) is 15.3. The van der Waals surface area contributed by atoms with Crippen molar-refractivity contribution in [2.75, 3.05) is 4.72 Å². The zero-order chi connectivity index (χ0) is 20.9. The lowest BCUT2D eigenvalue weighted by atomic mass is 10.1. The highest BCUT2D eigenvalue weighted by atomic mass is 35.5. The van der Waals surface area contributed by atoms with Crippen molar-refractivity contribution in [3.05, 3.63) is 94.5 Å². The van der Waals surface area contributed by atoms with Gasteiger partial charge in [-0.2, -0.15) is 0 Å². The molecule has 150 valence electrons. The van der Waals surface area contributed by atoms with E-state index >= 15 is 0 Å². The van der Waals surface area contributed by atoms with Crippen molar-refractivity contribution in [3.63, 3.8) is 0 Å². The van der Waals surface area contributed by atoms with E-state index in [1.54, 1.807) is 48.5 Å². The molecule has 0 aromatic heterocycles. The van der Waals surface area contributed by atoms with Crippen molar-refractivity contribution in [1.82, 2.24) is 5.32 Å². The number of aliphatic hydroxyl groups excluding tert-OH is 1. The van der Waals surface area contributed by atoms with E-state index in [-0.39, 0.29) is 23.6 Å². The van der Waals surface area contributed by atoms with Crippen LogP contribution in [0.2, 0.25) is 5.02 Å². The standard InChI is InChI=1S/C21H19ClN2O4S/c22-18-7-9-19(10-8-18)24-29(27,28)20-6-2-5-17(12-20)21(26)23-13-15-3-1-4-16(11-15)14-25/h1-12,24-25H,13-14H2,(H,23,26). The molecule has 3 rings (SSSR count). The Morgan fingerprint density at radius 3 is 2.34 bits per heavy atom. The Morgan fingerprint density at radius 1 is 0.931 bits per heavy atom. The van der Waals surface area contributed by atoms with E-state index in [1.165, 1.54) is 18.2 Å². The van der Waals surface area contributed by atoms with Crippen LogP contribution in [0, 0.1) is 0 Å². The topological polar surface area (TPSA) is 95.5 Å². The van der Waals surface area contributed by atoms with Gasteiger partial charge >= 0.3 is 0 Å². The Balaban J connectivity index is 1.72. The van der Waals surface area contributed by atoms with Gasteiger partial charge in [-0.05, 0) is 53.6 Å². The Hall–Kier alpha value is -2.87. The minimum absolute atomic E-state index is 0.0256. The average molecular weight is 431 g/mol. The van der Waals surface area contributed by atoms with Crippen molar-refractivity contribution >= 4 is 33.2 Å². The lowest BCUT2D eigenvalue weighted by Gasteiger charge is -2.10. The summed E-state index contributed by atoms with van der Waals surface area (Å²) in [4.78, 5) is 12.4. The summed E-state index contributed by atoms with van der Waals surface area (Å²) in [7, 11) is -3.86. The summed E-state index contributed by atoms with van der Waals surface area (Å²) < 4.78 is 27.7. The maximum Gasteiger partial charge on any atom is 0.261 e. The van der Waals surface area contributed by atoms with Gasteiger partial charge < -0.3 is 10.4 Å². The van der Waals surface area contributed by atoms with E-state index in [9.17, 15) is 18.3 Å². The number of rotatable bonds is 7. The van der Waals surface area contributed by atoms with Gasteiger partial charge in [0, 0.05) is 22.8 Å². The number of carbonyl (C=O) groups is 1. The maximum atomic E-state index is 12.6. The van der Waals surface area contributed by atoms with Crippen LogP contribution < -0.4 is 10.0 Å². The van der Waals surface area contributed by atoms with Gasteiger partial charge in [0.15, 0.2) is 0 Å². The number of nitrogens with one attached hydrogen (secondary N) is 2. The van der Waals surface area contributed by atoms with Crippen LogP contribution in [-0.2, 0) is 23.2 Å². The van der Waals surface area contributed by atoms with Gasteiger partial charge in [0.05, 0.1) is 11.5 Å². The van der Waals surface area contributed by atoms with Crippen molar-refractivity contribution < 1.29 is 18.3 Å². The van der Waals surface area contributed by atoms with Crippen LogP contribution in [0.5, 0.6) is 0 Å². The summed E-state index contributed by atoms with van der Waals surface area (Å²) in [6.45, 7) is 0.176. The van der Waals surface area contributed by atoms with Crippen molar-refractivity contribution in [2.24, 2.45) is 0 Å². The molecule has 0 saturated carbocycles. The predicted molar refractivity (Wildman–Crippen MR) is 112 cm³/mol. The molecule has 0 saturated heterocycles. The van der Waals surface area contributed by atoms with E-state index in [0.717, 1.165) is 11.1 Å². The SMILES string of the molecule is O=C(NCc1cccc(CO)c1)c1cccc(S(=O)(=O)Nc2ccc(Cl)cc2)c1. The second kappa shape index (κ2) is 9.09. The first-order chi connectivity index (χ1) is 13.9. The quantitative estimate of drug-likeness (QED) is 0.534. The first kappa shape index (κ1) is 20.9. The summed E-state index contributed by atoms with van der Waals surface area (Å²) in [6.07, 6.45) is 0. The molecule has 0 heterocycles. The van der Waals surface area contributed by atoms with Crippen LogP contribution in [0.3, 0.4) is 0 Å². The number of benzene rings is 3. The average Bonchev–Trinajstić information content (AvgIpc) is 2.74. The monoisotopic (exact) mass is 430 g/mol. The molecule has 6 nitrogen and oxygen atoms in total. The first-order valence-corrected chi connectivity index (χ1v) is 10.6. The number of aliphatic hydroxyl groups is 1. The largest absolute Gasteiger partial charge is 0.392 e. The lowest BCUT2D eigenvalue weighted by Crippen LogP contribution is -2.23. The predicted octanol–water partition coefficient (Wildman–Crippen LogP) is 3.56. The highest BCUT2D eigenvalue weighted by molar-refractivity contribution is 7.92. The Kier molecular flexibility index (Phi) is 6.53. The normalized spacial score (nSPS) is 11.1. The third-order valence-electron chi connectivity index (χ3n) is 4.13. The first-order valence-electron chi connectivity index (χ1n) is 8.73. The molecule has 0 aliphatic heterocycles. The molecule has 29 heavy (non-hydrogen) atoms. The number of anilines is 1. The Morgan fingerprint density at radius 2 is 1.62 bits per heavy atom. The van der Waals surface area contributed by atoms with Crippen LogP contribution in [0.1, 0.15) is 21.5 Å². The number of amides is 1. The zero-order valence-corrected chi connectivity index (χ0v) is 16.9. The molecule has 0 bridgehead atoms. The van der Waals surface area contributed by atoms with Gasteiger partial charge in [0.1, 0.15) is 0 Å². The van der Waals surface area contributed by atoms with E-state index in [0.29, 0.717) is 10.7 Å². The van der Waals surface area contributed by atoms with Crippen LogP contribution in [0.15, 0.2) is 77.7 Å².